The van der Waals surface area contributed by atoms with Gasteiger partial charge >= 0.3 is 0 Å². The van der Waals surface area contributed by atoms with Crippen LogP contribution in [-0.2, 0) is 9.84 Å². The Morgan fingerprint density at radius 3 is 2.89 bits per heavy atom. The van der Waals surface area contributed by atoms with Crippen LogP contribution in [0.15, 0.2) is 47.0 Å². The third-order valence-electron chi connectivity index (χ3n) is 4.04. The number of sulfone groups is 1. The molecule has 4 aromatic rings. The number of furan rings is 1. The van der Waals surface area contributed by atoms with Crippen molar-refractivity contribution >= 4 is 26.5 Å². The Bertz CT molecular complexity index is 1230. The Morgan fingerprint density at radius 2 is 2.11 bits per heavy atom. The third kappa shape index (κ3) is 3.59. The van der Waals surface area contributed by atoms with Crippen LogP contribution in [0.2, 0.25) is 0 Å². The molecule has 0 spiro atoms. The van der Waals surface area contributed by atoms with Crippen molar-refractivity contribution in [3.63, 3.8) is 0 Å². The predicted octanol–water partition coefficient (Wildman–Crippen LogP) is 2.66. The van der Waals surface area contributed by atoms with Crippen LogP contribution in [0.3, 0.4) is 0 Å². The first-order valence-corrected chi connectivity index (χ1v) is 10.3. The molecule has 0 atom stereocenters. The van der Waals surface area contributed by atoms with Gasteiger partial charge < -0.3 is 14.3 Å². The van der Waals surface area contributed by atoms with Gasteiger partial charge in [-0.25, -0.2) is 17.9 Å². The van der Waals surface area contributed by atoms with Crippen LogP contribution in [0.5, 0.6) is 11.6 Å². The maximum absolute atomic E-state index is 11.2. The first-order chi connectivity index (χ1) is 12.9. The zero-order chi connectivity index (χ0) is 19.0. The molecule has 140 valence electrons. The Balaban J connectivity index is 1.62. The largest absolute Gasteiger partial charge is 0.507 e. The number of phenolic OH excluding ortho intramolecular Hbond substituents is 1. The molecule has 1 aromatic carbocycles. The van der Waals surface area contributed by atoms with E-state index in [-0.39, 0.29) is 18.1 Å². The maximum atomic E-state index is 11.2. The number of ether oxygens (including phenoxy) is 1. The summed E-state index contributed by atoms with van der Waals surface area (Å²) in [6.07, 6.45) is 3.21. The Kier molecular flexibility index (Phi) is 4.23. The van der Waals surface area contributed by atoms with Crippen LogP contribution in [0.25, 0.3) is 28.1 Å². The van der Waals surface area contributed by atoms with Crippen LogP contribution in [-0.4, -0.2) is 46.7 Å². The maximum Gasteiger partial charge on any atom is 0.231 e. The van der Waals surface area contributed by atoms with Gasteiger partial charge in [0.05, 0.1) is 23.9 Å². The van der Waals surface area contributed by atoms with Gasteiger partial charge in [0.2, 0.25) is 5.88 Å². The van der Waals surface area contributed by atoms with Crippen molar-refractivity contribution in [1.29, 1.82) is 0 Å². The highest BCUT2D eigenvalue weighted by atomic mass is 32.2. The molecule has 0 unspecified atom stereocenters. The van der Waals surface area contributed by atoms with E-state index in [2.05, 4.69) is 10.1 Å². The second kappa shape index (κ2) is 6.58. The van der Waals surface area contributed by atoms with E-state index in [1.807, 2.05) is 0 Å². The number of hydrogen-bond acceptors (Lipinski definition) is 7. The zero-order valence-electron chi connectivity index (χ0n) is 14.5. The molecule has 3 heterocycles. The van der Waals surface area contributed by atoms with Gasteiger partial charge in [0, 0.05) is 12.3 Å². The SMILES string of the molecule is CS(=O)(=O)CCCOc1ccc2ncc(-c3cc4c(O)cccc4o3)n2n1. The number of aromatic nitrogens is 3. The molecule has 0 aliphatic rings. The molecule has 9 heteroatoms. The number of imidazole rings is 1. The van der Waals surface area contributed by atoms with Gasteiger partial charge in [-0.15, -0.1) is 5.10 Å². The van der Waals surface area contributed by atoms with Crippen molar-refractivity contribution in [2.45, 2.75) is 6.42 Å². The lowest BCUT2D eigenvalue weighted by Gasteiger charge is -2.05. The smallest absolute Gasteiger partial charge is 0.231 e. The summed E-state index contributed by atoms with van der Waals surface area (Å²) in [5.74, 6) is 1.07. The number of hydrogen-bond donors (Lipinski definition) is 1. The van der Waals surface area contributed by atoms with Crippen LogP contribution in [0.1, 0.15) is 6.42 Å². The molecule has 0 fully saturated rings. The highest BCUT2D eigenvalue weighted by molar-refractivity contribution is 7.90. The van der Waals surface area contributed by atoms with Gasteiger partial charge in [-0.05, 0) is 30.7 Å². The van der Waals surface area contributed by atoms with E-state index in [0.29, 0.717) is 40.4 Å². The van der Waals surface area contributed by atoms with Gasteiger partial charge in [-0.1, -0.05) is 6.07 Å². The van der Waals surface area contributed by atoms with Crippen LogP contribution in [0, 0.1) is 0 Å². The van der Waals surface area contributed by atoms with E-state index < -0.39 is 9.84 Å². The minimum atomic E-state index is -3.01. The molecule has 4 rings (SSSR count). The van der Waals surface area contributed by atoms with E-state index >= 15 is 0 Å². The Morgan fingerprint density at radius 1 is 1.26 bits per heavy atom. The summed E-state index contributed by atoms with van der Waals surface area (Å²) in [6.45, 7) is 0.244. The zero-order valence-corrected chi connectivity index (χ0v) is 15.3. The van der Waals surface area contributed by atoms with Gasteiger partial charge in [0.25, 0.3) is 0 Å². The molecule has 27 heavy (non-hydrogen) atoms. The highest BCUT2D eigenvalue weighted by Gasteiger charge is 2.14. The number of phenols is 1. The second-order valence-electron chi connectivity index (χ2n) is 6.22. The number of nitrogens with zero attached hydrogens (tertiary/aromatic N) is 3. The van der Waals surface area contributed by atoms with Crippen molar-refractivity contribution in [1.82, 2.24) is 14.6 Å². The monoisotopic (exact) mass is 387 g/mol. The van der Waals surface area contributed by atoms with Gasteiger partial charge in [-0.2, -0.15) is 0 Å². The average Bonchev–Trinajstić information content (AvgIpc) is 3.22. The normalized spacial score (nSPS) is 12.0. The number of rotatable bonds is 6. The average molecular weight is 387 g/mol. The molecule has 0 saturated carbocycles. The fraction of sp³-hybridized carbons (Fsp3) is 0.222. The Hall–Kier alpha value is -3.07. The summed E-state index contributed by atoms with van der Waals surface area (Å²) in [7, 11) is -3.01. The van der Waals surface area contributed by atoms with E-state index in [0.717, 1.165) is 0 Å². The van der Waals surface area contributed by atoms with E-state index in [9.17, 15) is 13.5 Å². The second-order valence-corrected chi connectivity index (χ2v) is 8.48. The summed E-state index contributed by atoms with van der Waals surface area (Å²) in [4.78, 5) is 4.30. The molecule has 1 N–H and O–H groups in total. The van der Waals surface area contributed by atoms with E-state index in [1.54, 1.807) is 47.1 Å². The summed E-state index contributed by atoms with van der Waals surface area (Å²) >= 11 is 0. The van der Waals surface area contributed by atoms with Crippen LogP contribution >= 0.6 is 0 Å². The molecule has 0 radical (unpaired) electrons. The van der Waals surface area contributed by atoms with Gasteiger partial charge in [0.15, 0.2) is 11.4 Å². The molecule has 0 amide bonds. The van der Waals surface area contributed by atoms with Crippen molar-refractivity contribution in [2.75, 3.05) is 18.6 Å². The Labute approximate surface area is 154 Å². The number of benzene rings is 1. The minimum Gasteiger partial charge on any atom is -0.507 e. The van der Waals surface area contributed by atoms with Crippen molar-refractivity contribution in [2.24, 2.45) is 0 Å². The van der Waals surface area contributed by atoms with Gasteiger partial charge in [0.1, 0.15) is 26.9 Å². The first kappa shape index (κ1) is 17.3. The lowest BCUT2D eigenvalue weighted by atomic mass is 10.2. The molecule has 3 aromatic heterocycles. The predicted molar refractivity (Wildman–Crippen MR) is 99.7 cm³/mol. The lowest BCUT2D eigenvalue weighted by molar-refractivity contribution is 0.301. The van der Waals surface area contributed by atoms with E-state index in [4.69, 9.17) is 9.15 Å². The lowest BCUT2D eigenvalue weighted by Crippen LogP contribution is -2.09. The van der Waals surface area contributed by atoms with Crippen LogP contribution in [0.4, 0.5) is 0 Å². The molecule has 0 saturated heterocycles. The quantitative estimate of drug-likeness (QED) is 0.507. The number of aromatic hydroxyl groups is 1. The van der Waals surface area contributed by atoms with Crippen molar-refractivity contribution < 1.29 is 22.7 Å². The highest BCUT2D eigenvalue weighted by Crippen LogP contribution is 2.32. The topological polar surface area (TPSA) is 107 Å². The van der Waals surface area contributed by atoms with Gasteiger partial charge in [-0.3, -0.25) is 0 Å². The molecular formula is C18H17N3O5S. The molecular weight excluding hydrogens is 370 g/mol. The third-order valence-corrected chi connectivity index (χ3v) is 5.07. The van der Waals surface area contributed by atoms with Crippen molar-refractivity contribution in [3.8, 4) is 23.1 Å². The fourth-order valence-corrected chi connectivity index (χ4v) is 3.41. The molecule has 8 nitrogen and oxygen atoms in total. The number of fused-ring (bicyclic) bond motifs is 2. The first-order valence-electron chi connectivity index (χ1n) is 8.28. The minimum absolute atomic E-state index is 0.0635. The van der Waals surface area contributed by atoms with Crippen LogP contribution < -0.4 is 4.74 Å². The summed E-state index contributed by atoms with van der Waals surface area (Å²) < 4.78 is 35.3. The molecule has 0 bridgehead atoms. The standard InChI is InChI=1S/C18H17N3O5S/c1-27(23,24)9-3-8-25-18-7-6-17-19-11-13(21(17)20-18)16-10-12-14(22)4-2-5-15(12)26-16/h2,4-7,10-11,22H,3,8-9H2,1H3. The molecule has 0 aliphatic carbocycles. The van der Waals surface area contributed by atoms with E-state index in [1.165, 1.54) is 6.26 Å². The summed E-state index contributed by atoms with van der Waals surface area (Å²) in [6, 6.07) is 10.2. The molecule has 0 aliphatic heterocycles. The van der Waals surface area contributed by atoms with Crippen molar-refractivity contribution in [3.05, 3.63) is 42.6 Å². The summed E-state index contributed by atoms with van der Waals surface area (Å²) in [5, 5.41) is 15.0. The summed E-state index contributed by atoms with van der Waals surface area (Å²) in [5.41, 5.74) is 1.79. The fourth-order valence-electron chi connectivity index (χ4n) is 2.77.